The molecule has 160 valence electrons. The molecule has 0 saturated heterocycles. The Hall–Kier alpha value is -2.49. The minimum Gasteiger partial charge on any atom is -0.249 e. The van der Waals surface area contributed by atoms with Crippen molar-refractivity contribution in [2.24, 2.45) is 10.1 Å². The van der Waals surface area contributed by atoms with Gasteiger partial charge in [0, 0.05) is 25.0 Å². The van der Waals surface area contributed by atoms with Crippen molar-refractivity contribution in [1.29, 1.82) is 0 Å². The van der Waals surface area contributed by atoms with E-state index in [1.807, 2.05) is 42.5 Å². The van der Waals surface area contributed by atoms with Crippen LogP contribution in [-0.4, -0.2) is 63.3 Å². The fourth-order valence-corrected chi connectivity index (χ4v) is 3.69. The molecule has 0 radical (unpaired) electrons. The third-order valence-corrected chi connectivity index (χ3v) is 6.20. The first-order chi connectivity index (χ1) is 14.3. The van der Waals surface area contributed by atoms with Crippen LogP contribution in [0, 0.1) is 0 Å². The number of hydrogen-bond acceptors (Lipinski definition) is 4. The molecule has 2 aromatic carbocycles. The van der Waals surface area contributed by atoms with E-state index in [1.54, 1.807) is 12.1 Å². The number of guanidine groups is 1. The summed E-state index contributed by atoms with van der Waals surface area (Å²) >= 11 is 6.02. The lowest BCUT2D eigenvalue weighted by Crippen LogP contribution is -2.46. The fraction of sp³-hybridized carbons (Fsp3) is 0.300. The van der Waals surface area contributed by atoms with E-state index in [4.69, 9.17) is 11.6 Å². The molecule has 0 amide bonds. The van der Waals surface area contributed by atoms with E-state index in [-0.39, 0.29) is 18.4 Å². The van der Waals surface area contributed by atoms with Gasteiger partial charge in [-0.25, -0.2) is 19.1 Å². The Bertz CT molecular complexity index is 1030. The molecule has 1 unspecified atom stereocenters. The predicted octanol–water partition coefficient (Wildman–Crippen LogP) is 2.87. The summed E-state index contributed by atoms with van der Waals surface area (Å²) in [5.41, 5.74) is 2.62. The molecular formula is C20H23ClFN5O2S. The second-order valence-electron chi connectivity index (χ2n) is 6.82. The highest BCUT2D eigenvalue weighted by molar-refractivity contribution is 7.87. The molecule has 2 aromatic rings. The van der Waals surface area contributed by atoms with Gasteiger partial charge in [0.25, 0.3) is 0 Å². The highest BCUT2D eigenvalue weighted by Gasteiger charge is 2.33. The zero-order chi connectivity index (χ0) is 21.7. The van der Waals surface area contributed by atoms with E-state index in [0.717, 1.165) is 21.1 Å². The van der Waals surface area contributed by atoms with Crippen LogP contribution in [0.1, 0.15) is 17.0 Å². The highest BCUT2D eigenvalue weighted by Crippen LogP contribution is 2.29. The lowest BCUT2D eigenvalue weighted by atomic mass is 9.91. The summed E-state index contributed by atoms with van der Waals surface area (Å²) in [6, 6.07) is 17.0. The van der Waals surface area contributed by atoms with Crippen LogP contribution in [0.2, 0.25) is 5.02 Å². The quantitative estimate of drug-likeness (QED) is 0.542. The first-order valence-corrected chi connectivity index (χ1v) is 11.1. The SMILES string of the molecule is CN(C)S(=O)(=O)NC(=NCCF)N1CC(c2ccccc2)C(c2ccc(Cl)cc2)=N1. The Kier molecular flexibility index (Phi) is 7.06. The molecule has 1 N–H and O–H groups in total. The van der Waals surface area contributed by atoms with Crippen molar-refractivity contribution >= 4 is 33.5 Å². The van der Waals surface area contributed by atoms with Crippen molar-refractivity contribution < 1.29 is 12.8 Å². The maximum absolute atomic E-state index is 12.8. The second kappa shape index (κ2) is 9.55. The molecular weight excluding hydrogens is 429 g/mol. The van der Waals surface area contributed by atoms with E-state index >= 15 is 0 Å². The summed E-state index contributed by atoms with van der Waals surface area (Å²) < 4.78 is 40.9. The first kappa shape index (κ1) is 22.2. The van der Waals surface area contributed by atoms with E-state index in [2.05, 4.69) is 14.8 Å². The average Bonchev–Trinajstić information content (AvgIpc) is 3.17. The van der Waals surface area contributed by atoms with Crippen LogP contribution in [0.25, 0.3) is 0 Å². The summed E-state index contributed by atoms with van der Waals surface area (Å²) in [4.78, 5) is 4.08. The molecule has 0 spiro atoms. The number of hydrazone groups is 1. The van der Waals surface area contributed by atoms with Gasteiger partial charge in [-0.2, -0.15) is 17.8 Å². The van der Waals surface area contributed by atoms with Gasteiger partial charge in [-0.05, 0) is 23.3 Å². The van der Waals surface area contributed by atoms with Gasteiger partial charge in [0.15, 0.2) is 0 Å². The molecule has 0 saturated carbocycles. The molecule has 1 aliphatic heterocycles. The second-order valence-corrected chi connectivity index (χ2v) is 9.14. The van der Waals surface area contributed by atoms with Gasteiger partial charge >= 0.3 is 10.2 Å². The predicted molar refractivity (Wildman–Crippen MR) is 118 cm³/mol. The molecule has 1 aliphatic rings. The number of nitrogens with zero attached hydrogens (tertiary/aromatic N) is 4. The normalized spacial score (nSPS) is 17.4. The Balaban J connectivity index is 2.01. The molecule has 10 heteroatoms. The standard InChI is InChI=1S/C20H23ClFN5O2S/c1-26(2)30(28,29)25-20(23-13-12-22)27-14-18(15-6-4-3-5-7-15)19(24-27)16-8-10-17(21)11-9-16/h3-11,18H,12-14H2,1-2H3,(H,23,25). The fourth-order valence-electron chi connectivity index (χ4n) is 2.98. The molecule has 0 aromatic heterocycles. The summed E-state index contributed by atoms with van der Waals surface area (Å²) in [5.74, 6) is -0.155. The van der Waals surface area contributed by atoms with Crippen molar-refractivity contribution in [1.82, 2.24) is 14.0 Å². The number of aliphatic imine (C=N–C) groups is 1. The van der Waals surface area contributed by atoms with Crippen molar-refractivity contribution in [3.05, 3.63) is 70.7 Å². The smallest absolute Gasteiger partial charge is 0.249 e. The van der Waals surface area contributed by atoms with Crippen LogP contribution >= 0.6 is 11.6 Å². The molecule has 7 nitrogen and oxygen atoms in total. The number of alkyl halides is 1. The monoisotopic (exact) mass is 451 g/mol. The summed E-state index contributed by atoms with van der Waals surface area (Å²) in [6.07, 6.45) is 0. The van der Waals surface area contributed by atoms with Crippen LogP contribution in [0.4, 0.5) is 4.39 Å². The lowest BCUT2D eigenvalue weighted by molar-refractivity contribution is 0.449. The van der Waals surface area contributed by atoms with Crippen LogP contribution in [0.3, 0.4) is 0 Å². The zero-order valence-electron chi connectivity index (χ0n) is 16.7. The minimum atomic E-state index is -3.83. The molecule has 3 rings (SSSR count). The van der Waals surface area contributed by atoms with Gasteiger partial charge < -0.3 is 0 Å². The Morgan fingerprint density at radius 1 is 1.23 bits per heavy atom. The van der Waals surface area contributed by atoms with Crippen LogP contribution in [-0.2, 0) is 10.2 Å². The van der Waals surface area contributed by atoms with Gasteiger partial charge in [0.1, 0.15) is 6.67 Å². The molecule has 0 aliphatic carbocycles. The van der Waals surface area contributed by atoms with Gasteiger partial charge in [0.05, 0.1) is 18.8 Å². The highest BCUT2D eigenvalue weighted by atomic mass is 35.5. The minimum absolute atomic E-state index is 0.0220. The van der Waals surface area contributed by atoms with Gasteiger partial charge in [-0.1, -0.05) is 54.1 Å². The van der Waals surface area contributed by atoms with Crippen LogP contribution in [0.15, 0.2) is 64.7 Å². The maximum atomic E-state index is 12.8. The number of halogens is 2. The Labute approximate surface area is 181 Å². The maximum Gasteiger partial charge on any atom is 0.303 e. The molecule has 1 atom stereocenters. The first-order valence-electron chi connectivity index (χ1n) is 9.29. The Morgan fingerprint density at radius 3 is 2.50 bits per heavy atom. The third-order valence-electron chi connectivity index (χ3n) is 4.55. The lowest BCUT2D eigenvalue weighted by Gasteiger charge is -2.21. The zero-order valence-corrected chi connectivity index (χ0v) is 18.2. The summed E-state index contributed by atoms with van der Waals surface area (Å²) in [5, 5.41) is 6.73. The van der Waals surface area contributed by atoms with Crippen molar-refractivity contribution in [2.45, 2.75) is 5.92 Å². The van der Waals surface area contributed by atoms with Gasteiger partial charge in [0.2, 0.25) is 5.96 Å². The number of nitrogens with one attached hydrogen (secondary N) is 1. The van der Waals surface area contributed by atoms with E-state index in [1.165, 1.54) is 19.1 Å². The van der Waals surface area contributed by atoms with E-state index in [0.29, 0.717) is 11.6 Å². The molecule has 1 heterocycles. The largest absolute Gasteiger partial charge is 0.303 e. The van der Waals surface area contributed by atoms with Crippen molar-refractivity contribution in [3.63, 3.8) is 0 Å². The van der Waals surface area contributed by atoms with Crippen LogP contribution < -0.4 is 4.72 Å². The third kappa shape index (κ3) is 5.16. The average molecular weight is 452 g/mol. The van der Waals surface area contributed by atoms with Gasteiger partial charge in [-0.15, -0.1) is 0 Å². The summed E-state index contributed by atoms with van der Waals surface area (Å²) in [7, 11) is -1.04. The summed E-state index contributed by atoms with van der Waals surface area (Å²) in [6.45, 7) is -0.538. The number of rotatable bonds is 6. The molecule has 30 heavy (non-hydrogen) atoms. The molecule has 0 bridgehead atoms. The van der Waals surface area contributed by atoms with Crippen molar-refractivity contribution in [3.8, 4) is 0 Å². The van der Waals surface area contributed by atoms with Crippen LogP contribution in [0.5, 0.6) is 0 Å². The van der Waals surface area contributed by atoms with E-state index < -0.39 is 16.9 Å². The topological polar surface area (TPSA) is 77.4 Å². The number of benzene rings is 2. The van der Waals surface area contributed by atoms with Gasteiger partial charge in [-0.3, -0.25) is 0 Å². The van der Waals surface area contributed by atoms with E-state index in [9.17, 15) is 12.8 Å². The van der Waals surface area contributed by atoms with Crippen molar-refractivity contribution in [2.75, 3.05) is 33.9 Å². The Morgan fingerprint density at radius 2 is 1.90 bits per heavy atom. The molecule has 0 fully saturated rings. The number of hydrogen-bond donors (Lipinski definition) is 1.